The molecule has 0 radical (unpaired) electrons. The Bertz CT molecular complexity index is 1280. The minimum atomic E-state index is -4.79. The van der Waals surface area contributed by atoms with Crippen LogP contribution in [0.15, 0.2) is 83.8 Å². The third-order valence-electron chi connectivity index (χ3n) is 4.47. The predicted octanol–water partition coefficient (Wildman–Crippen LogP) is 3.71. The summed E-state index contributed by atoms with van der Waals surface area (Å²) in [6.45, 7) is -0.691. The van der Waals surface area contributed by atoms with Crippen LogP contribution in [0.3, 0.4) is 0 Å². The van der Waals surface area contributed by atoms with Crippen LogP contribution in [-0.2, 0) is 19.4 Å². The van der Waals surface area contributed by atoms with Crippen molar-refractivity contribution >= 4 is 33.2 Å². The first-order valence-electron chi connectivity index (χ1n) is 9.48. The number of alkyl halides is 2. The van der Waals surface area contributed by atoms with Crippen molar-refractivity contribution in [1.29, 1.82) is 0 Å². The molecule has 0 fully saturated rings. The van der Waals surface area contributed by atoms with Gasteiger partial charge in [0.1, 0.15) is 0 Å². The van der Waals surface area contributed by atoms with Crippen LogP contribution in [0.5, 0.6) is 0 Å². The minimum Gasteiger partial charge on any atom is -0.452 e. The molecular formula is C23H17F2NO6S. The van der Waals surface area contributed by atoms with Gasteiger partial charge in [-0.1, -0.05) is 42.5 Å². The maximum Gasteiger partial charge on any atom is 0.341 e. The highest BCUT2D eigenvalue weighted by Crippen LogP contribution is 2.20. The smallest absolute Gasteiger partial charge is 0.341 e. The van der Waals surface area contributed by atoms with Crippen LogP contribution in [0.25, 0.3) is 0 Å². The summed E-state index contributed by atoms with van der Waals surface area (Å²) in [6, 6.07) is 18.5. The van der Waals surface area contributed by atoms with Gasteiger partial charge in [0.15, 0.2) is 12.4 Å². The van der Waals surface area contributed by atoms with Gasteiger partial charge in [-0.2, -0.15) is 8.78 Å². The van der Waals surface area contributed by atoms with Crippen molar-refractivity contribution in [3.63, 3.8) is 0 Å². The number of carbonyl (C=O) groups is 3. The number of anilines is 1. The summed E-state index contributed by atoms with van der Waals surface area (Å²) >= 11 is 0. The molecule has 0 saturated carbocycles. The van der Waals surface area contributed by atoms with E-state index >= 15 is 0 Å². The van der Waals surface area contributed by atoms with Gasteiger partial charge in [-0.3, -0.25) is 9.59 Å². The lowest BCUT2D eigenvalue weighted by Crippen LogP contribution is -2.22. The summed E-state index contributed by atoms with van der Waals surface area (Å²) in [4.78, 5) is 36.4. The molecule has 0 aliphatic carbocycles. The van der Waals surface area contributed by atoms with Crippen molar-refractivity contribution in [3.05, 3.63) is 95.6 Å². The number of benzene rings is 3. The molecule has 170 valence electrons. The first-order valence-corrected chi connectivity index (χ1v) is 11.0. The maximum atomic E-state index is 12.7. The van der Waals surface area contributed by atoms with E-state index < -0.39 is 39.0 Å². The van der Waals surface area contributed by atoms with Crippen molar-refractivity contribution in [2.75, 3.05) is 11.9 Å². The molecule has 0 aromatic heterocycles. The lowest BCUT2D eigenvalue weighted by atomic mass is 10.0. The van der Waals surface area contributed by atoms with Crippen molar-refractivity contribution in [1.82, 2.24) is 0 Å². The second-order valence-corrected chi connectivity index (χ2v) is 8.61. The van der Waals surface area contributed by atoms with Gasteiger partial charge >= 0.3 is 11.7 Å². The summed E-state index contributed by atoms with van der Waals surface area (Å²) in [5.74, 6) is -5.56. The molecule has 0 aliphatic heterocycles. The number of para-hydroxylation sites is 1. The highest BCUT2D eigenvalue weighted by Gasteiger charge is 2.26. The van der Waals surface area contributed by atoms with Crippen LogP contribution < -0.4 is 5.32 Å². The molecule has 7 nitrogen and oxygen atoms in total. The number of ether oxygens (including phenoxy) is 1. The van der Waals surface area contributed by atoms with Crippen molar-refractivity contribution in [2.24, 2.45) is 0 Å². The molecule has 0 atom stereocenters. The number of esters is 1. The van der Waals surface area contributed by atoms with E-state index in [-0.39, 0.29) is 22.6 Å². The van der Waals surface area contributed by atoms with Crippen molar-refractivity contribution in [3.8, 4) is 0 Å². The summed E-state index contributed by atoms with van der Waals surface area (Å²) in [6.07, 6.45) is 0. The fourth-order valence-corrected chi connectivity index (χ4v) is 3.54. The molecule has 1 N–H and O–H groups in total. The number of sulfone groups is 1. The minimum absolute atomic E-state index is 0.129. The third kappa shape index (κ3) is 5.66. The van der Waals surface area contributed by atoms with E-state index in [0.29, 0.717) is 5.56 Å². The molecule has 0 heterocycles. The SMILES string of the molecule is O=C(COC(=O)c1ccc(S(=O)(=O)C(F)F)cc1)Nc1ccccc1C(=O)c1ccccc1. The van der Waals surface area contributed by atoms with Crippen LogP contribution in [0.2, 0.25) is 0 Å². The number of halogens is 2. The van der Waals surface area contributed by atoms with Crippen molar-refractivity contribution < 1.29 is 36.3 Å². The predicted molar refractivity (Wildman–Crippen MR) is 115 cm³/mol. The van der Waals surface area contributed by atoms with Crippen LogP contribution in [0.4, 0.5) is 14.5 Å². The fourth-order valence-electron chi connectivity index (χ4n) is 2.82. The number of hydrogen-bond acceptors (Lipinski definition) is 6. The van der Waals surface area contributed by atoms with Gasteiger partial charge in [0, 0.05) is 11.1 Å². The number of carbonyl (C=O) groups excluding carboxylic acids is 3. The molecule has 10 heteroatoms. The van der Waals surface area contributed by atoms with Gasteiger partial charge < -0.3 is 10.1 Å². The standard InChI is InChI=1S/C23H17F2NO6S/c24-23(25)33(30,31)17-12-10-16(11-13-17)22(29)32-14-20(27)26-19-9-5-4-8-18(19)21(28)15-6-2-1-3-7-15/h1-13,23H,14H2,(H,26,27). The van der Waals surface area contributed by atoms with E-state index in [1.807, 2.05) is 0 Å². The van der Waals surface area contributed by atoms with Gasteiger partial charge in [0.25, 0.3) is 5.91 Å². The Labute approximate surface area is 187 Å². The Morgan fingerprint density at radius 1 is 0.818 bits per heavy atom. The Kier molecular flexibility index (Phi) is 7.29. The average molecular weight is 473 g/mol. The lowest BCUT2D eigenvalue weighted by Gasteiger charge is -2.11. The zero-order valence-electron chi connectivity index (χ0n) is 16.9. The van der Waals surface area contributed by atoms with Gasteiger partial charge in [0.05, 0.1) is 16.1 Å². The van der Waals surface area contributed by atoms with E-state index in [4.69, 9.17) is 4.74 Å². The highest BCUT2D eigenvalue weighted by atomic mass is 32.2. The Morgan fingerprint density at radius 3 is 2.06 bits per heavy atom. The molecule has 33 heavy (non-hydrogen) atoms. The Hall–Kier alpha value is -3.92. The van der Waals surface area contributed by atoms with Gasteiger partial charge in [-0.05, 0) is 36.4 Å². The average Bonchev–Trinajstić information content (AvgIpc) is 2.83. The van der Waals surface area contributed by atoms with Crippen LogP contribution in [0, 0.1) is 0 Å². The van der Waals surface area contributed by atoms with Gasteiger partial charge in [-0.15, -0.1) is 0 Å². The summed E-state index contributed by atoms with van der Waals surface area (Å²) in [7, 11) is -4.79. The maximum absolute atomic E-state index is 12.7. The van der Waals surface area contributed by atoms with E-state index in [1.165, 1.54) is 6.07 Å². The topological polar surface area (TPSA) is 107 Å². The number of hydrogen-bond donors (Lipinski definition) is 1. The number of nitrogens with one attached hydrogen (secondary N) is 1. The van der Waals surface area contributed by atoms with Gasteiger partial charge in [0.2, 0.25) is 9.84 Å². The van der Waals surface area contributed by atoms with Gasteiger partial charge in [-0.25, -0.2) is 13.2 Å². The second kappa shape index (κ2) is 10.1. The molecule has 0 bridgehead atoms. The monoisotopic (exact) mass is 473 g/mol. The van der Waals surface area contributed by atoms with Crippen LogP contribution in [-0.4, -0.2) is 38.4 Å². The van der Waals surface area contributed by atoms with Crippen molar-refractivity contribution in [2.45, 2.75) is 10.7 Å². The third-order valence-corrected chi connectivity index (χ3v) is 5.87. The molecule has 0 aliphatic rings. The molecule has 3 aromatic rings. The first kappa shape index (κ1) is 23.7. The molecule has 3 aromatic carbocycles. The van der Waals surface area contributed by atoms with E-state index in [9.17, 15) is 31.6 Å². The molecule has 0 saturated heterocycles. The van der Waals surface area contributed by atoms with Crippen LogP contribution in [0.1, 0.15) is 26.3 Å². The first-order chi connectivity index (χ1) is 15.7. The zero-order valence-corrected chi connectivity index (χ0v) is 17.7. The van der Waals surface area contributed by atoms with E-state index in [2.05, 4.69) is 5.32 Å². The lowest BCUT2D eigenvalue weighted by molar-refractivity contribution is -0.119. The zero-order chi connectivity index (χ0) is 24.0. The summed E-state index contributed by atoms with van der Waals surface area (Å²) in [5, 5.41) is 2.51. The normalized spacial score (nSPS) is 11.1. The van der Waals surface area contributed by atoms with E-state index in [1.54, 1.807) is 48.5 Å². The molecule has 0 unspecified atom stereocenters. The molecule has 0 spiro atoms. The Balaban J connectivity index is 1.63. The fraction of sp³-hybridized carbons (Fsp3) is 0.0870. The number of ketones is 1. The molecule has 3 rings (SSSR count). The Morgan fingerprint density at radius 2 is 1.42 bits per heavy atom. The van der Waals surface area contributed by atoms with E-state index in [0.717, 1.165) is 24.3 Å². The number of amides is 1. The molecule has 1 amide bonds. The summed E-state index contributed by atoms with van der Waals surface area (Å²) in [5.41, 5.74) is 0.784. The quantitative estimate of drug-likeness (QED) is 0.395. The van der Waals surface area contributed by atoms with Crippen LogP contribution >= 0.6 is 0 Å². The molecular weight excluding hydrogens is 456 g/mol. The highest BCUT2D eigenvalue weighted by molar-refractivity contribution is 7.91. The largest absolute Gasteiger partial charge is 0.452 e. The second-order valence-electron chi connectivity index (χ2n) is 6.70. The summed E-state index contributed by atoms with van der Waals surface area (Å²) < 4.78 is 52.9. The number of rotatable bonds is 8.